The van der Waals surface area contributed by atoms with Gasteiger partial charge in [-0.05, 0) is 32.1 Å². The first-order valence-corrected chi connectivity index (χ1v) is 9.72. The Balaban J connectivity index is 3.39. The Kier molecular flexibility index (Phi) is 19.1. The van der Waals surface area contributed by atoms with Crippen molar-refractivity contribution in [3.63, 3.8) is 0 Å². The highest BCUT2D eigenvalue weighted by Gasteiger charge is 2.00. The largest absolute Gasteiger partial charge is 0.396 e. The molecule has 0 amide bonds. The summed E-state index contributed by atoms with van der Waals surface area (Å²) >= 11 is 0. The van der Waals surface area contributed by atoms with E-state index in [2.05, 4.69) is 40.1 Å². The van der Waals surface area contributed by atoms with Crippen LogP contribution in [-0.2, 0) is 4.52 Å². The first-order chi connectivity index (χ1) is 11.3. The van der Waals surface area contributed by atoms with Gasteiger partial charge in [0.25, 0.3) is 0 Å². The van der Waals surface area contributed by atoms with E-state index in [1.54, 1.807) is 0 Å². The molecule has 0 rings (SSSR count). The maximum absolute atomic E-state index is 8.65. The van der Waals surface area contributed by atoms with Crippen molar-refractivity contribution in [2.45, 2.75) is 96.5 Å². The Hall–Kier alpha value is -0.530. The zero-order valence-electron chi connectivity index (χ0n) is 14.9. The van der Waals surface area contributed by atoms with Gasteiger partial charge in [-0.2, -0.15) is 0 Å². The normalized spacial score (nSPS) is 11.3. The molecule has 0 aromatic carbocycles. The third-order valence-electron chi connectivity index (χ3n) is 3.69. The van der Waals surface area contributed by atoms with Gasteiger partial charge in [0, 0.05) is 35.3 Å². The molecule has 3 heteroatoms. The smallest absolute Gasteiger partial charge is 0.121 e. The van der Waals surface area contributed by atoms with Crippen molar-refractivity contribution in [2.24, 2.45) is 0 Å². The molecule has 2 unspecified atom stereocenters. The maximum Gasteiger partial charge on any atom is 0.121 e. The highest BCUT2D eigenvalue weighted by Crippen LogP contribution is 2.09. The van der Waals surface area contributed by atoms with Crippen LogP contribution >= 0.6 is 9.47 Å². The lowest BCUT2D eigenvalue weighted by Gasteiger charge is -2.06. The van der Waals surface area contributed by atoms with Gasteiger partial charge in [-0.1, -0.05) is 44.9 Å². The predicted octanol–water partition coefficient (Wildman–Crippen LogP) is 5.25. The fourth-order valence-electron chi connectivity index (χ4n) is 2.21. The van der Waals surface area contributed by atoms with Crippen molar-refractivity contribution in [1.29, 1.82) is 0 Å². The fourth-order valence-corrected chi connectivity index (χ4v) is 2.41. The third-order valence-corrected chi connectivity index (χ3v) is 4.01. The number of hydrogen-bond donors (Lipinski definition) is 1. The second-order valence-electron chi connectivity index (χ2n) is 5.89. The molecule has 23 heavy (non-hydrogen) atoms. The monoisotopic (exact) mass is 338 g/mol. The molecule has 2 nitrogen and oxygen atoms in total. The molecule has 0 aliphatic heterocycles. The number of rotatable bonds is 13. The van der Waals surface area contributed by atoms with Crippen molar-refractivity contribution in [1.82, 2.24) is 0 Å². The van der Waals surface area contributed by atoms with Crippen LogP contribution in [0.5, 0.6) is 0 Å². The standard InChI is InChI=1S/C20H35O2P/c1-2-3-17-20(22-23)18-15-13-11-9-7-5-4-6-8-10-12-14-16-19-21/h20-21H,2-7,9,11-14,16-17,19,23H2,1H3. The van der Waals surface area contributed by atoms with Crippen LogP contribution in [0.1, 0.15) is 90.4 Å². The predicted molar refractivity (Wildman–Crippen MR) is 103 cm³/mol. The van der Waals surface area contributed by atoms with Crippen LogP contribution in [0.25, 0.3) is 0 Å². The van der Waals surface area contributed by atoms with E-state index < -0.39 is 0 Å². The van der Waals surface area contributed by atoms with E-state index >= 15 is 0 Å². The zero-order chi connectivity index (χ0) is 17.0. The lowest BCUT2D eigenvalue weighted by atomic mass is 10.1. The SMILES string of the molecule is CCCCC(C#CCCCCCCCC#CCCCCO)OP. The summed E-state index contributed by atoms with van der Waals surface area (Å²) in [6.07, 6.45) is 14.5. The molecule has 1 N–H and O–H groups in total. The first kappa shape index (κ1) is 22.5. The third kappa shape index (κ3) is 17.7. The Bertz CT molecular complexity index is 359. The zero-order valence-corrected chi connectivity index (χ0v) is 16.1. The Labute approximate surface area is 146 Å². The molecule has 0 saturated carbocycles. The van der Waals surface area contributed by atoms with Crippen molar-refractivity contribution < 1.29 is 9.63 Å². The Morgan fingerprint density at radius 3 is 1.96 bits per heavy atom. The van der Waals surface area contributed by atoms with Crippen LogP contribution in [0.15, 0.2) is 0 Å². The number of aliphatic hydroxyl groups is 1. The highest BCUT2D eigenvalue weighted by atomic mass is 31.0. The van der Waals surface area contributed by atoms with Crippen LogP contribution in [0.4, 0.5) is 0 Å². The van der Waals surface area contributed by atoms with Gasteiger partial charge in [-0.3, -0.25) is 0 Å². The average Bonchev–Trinajstić information content (AvgIpc) is 2.57. The molecule has 132 valence electrons. The molecule has 0 radical (unpaired) electrons. The lowest BCUT2D eigenvalue weighted by Crippen LogP contribution is -2.03. The molecule has 0 bridgehead atoms. The van der Waals surface area contributed by atoms with Crippen molar-refractivity contribution in [3.05, 3.63) is 0 Å². The summed E-state index contributed by atoms with van der Waals surface area (Å²) in [7, 11) is 2.34. The van der Waals surface area contributed by atoms with Crippen LogP contribution in [-0.4, -0.2) is 17.8 Å². The summed E-state index contributed by atoms with van der Waals surface area (Å²) in [5, 5.41) is 8.65. The minimum atomic E-state index is 0.0934. The molecule has 0 spiro atoms. The summed E-state index contributed by atoms with van der Waals surface area (Å²) in [6, 6.07) is 0. The van der Waals surface area contributed by atoms with Gasteiger partial charge < -0.3 is 9.63 Å². The van der Waals surface area contributed by atoms with Crippen LogP contribution in [0, 0.1) is 23.7 Å². The maximum atomic E-state index is 8.65. The van der Waals surface area contributed by atoms with E-state index in [9.17, 15) is 0 Å². The topological polar surface area (TPSA) is 29.5 Å². The van der Waals surface area contributed by atoms with E-state index in [1.807, 2.05) is 0 Å². The first-order valence-electron chi connectivity index (χ1n) is 9.25. The number of hydrogen-bond acceptors (Lipinski definition) is 2. The molecule has 0 aromatic heterocycles. The molecule has 0 aliphatic carbocycles. The lowest BCUT2D eigenvalue weighted by molar-refractivity contribution is 0.285. The van der Waals surface area contributed by atoms with Gasteiger partial charge in [0.2, 0.25) is 0 Å². The van der Waals surface area contributed by atoms with E-state index in [1.165, 1.54) is 44.9 Å². The minimum Gasteiger partial charge on any atom is -0.396 e. The number of unbranched alkanes of at least 4 members (excludes halogenated alkanes) is 9. The van der Waals surface area contributed by atoms with Gasteiger partial charge in [-0.25, -0.2) is 0 Å². The summed E-state index contributed by atoms with van der Waals surface area (Å²) in [4.78, 5) is 0. The summed E-state index contributed by atoms with van der Waals surface area (Å²) in [5.74, 6) is 12.9. The quantitative estimate of drug-likeness (QED) is 0.282. The van der Waals surface area contributed by atoms with Crippen LogP contribution in [0.2, 0.25) is 0 Å². The number of aliphatic hydroxyl groups excluding tert-OH is 1. The van der Waals surface area contributed by atoms with Gasteiger partial charge in [0.15, 0.2) is 0 Å². The molecule has 0 saturated heterocycles. The highest BCUT2D eigenvalue weighted by molar-refractivity contribution is 7.09. The molecule has 0 aromatic rings. The van der Waals surface area contributed by atoms with E-state index in [4.69, 9.17) is 9.63 Å². The Morgan fingerprint density at radius 2 is 1.39 bits per heavy atom. The summed E-state index contributed by atoms with van der Waals surface area (Å²) < 4.78 is 5.28. The van der Waals surface area contributed by atoms with Crippen LogP contribution in [0.3, 0.4) is 0 Å². The molecule has 0 fully saturated rings. The summed E-state index contributed by atoms with van der Waals surface area (Å²) in [6.45, 7) is 2.48. The molecule has 0 heterocycles. The van der Waals surface area contributed by atoms with Gasteiger partial charge in [0.1, 0.15) is 6.10 Å². The van der Waals surface area contributed by atoms with Crippen molar-refractivity contribution in [2.75, 3.05) is 6.61 Å². The molecule has 0 aliphatic rings. The van der Waals surface area contributed by atoms with Gasteiger partial charge >= 0.3 is 0 Å². The fraction of sp³-hybridized carbons (Fsp3) is 0.800. The van der Waals surface area contributed by atoms with Crippen molar-refractivity contribution in [3.8, 4) is 23.7 Å². The van der Waals surface area contributed by atoms with E-state index in [-0.39, 0.29) is 12.7 Å². The van der Waals surface area contributed by atoms with Gasteiger partial charge in [0.05, 0.1) is 0 Å². The van der Waals surface area contributed by atoms with E-state index in [0.29, 0.717) is 0 Å². The van der Waals surface area contributed by atoms with Crippen LogP contribution < -0.4 is 0 Å². The van der Waals surface area contributed by atoms with Crippen molar-refractivity contribution >= 4 is 9.47 Å². The average molecular weight is 338 g/mol. The van der Waals surface area contributed by atoms with Gasteiger partial charge in [-0.15, -0.1) is 17.8 Å². The molecular formula is C20H35O2P. The Morgan fingerprint density at radius 1 is 0.826 bits per heavy atom. The second-order valence-corrected chi connectivity index (χ2v) is 6.16. The summed E-state index contributed by atoms with van der Waals surface area (Å²) in [5.41, 5.74) is 0. The molecule has 2 atom stereocenters. The van der Waals surface area contributed by atoms with E-state index in [0.717, 1.165) is 38.5 Å². The second kappa shape index (κ2) is 19.5. The minimum absolute atomic E-state index is 0.0934. The molecular weight excluding hydrogens is 303 g/mol.